The highest BCUT2D eigenvalue weighted by atomic mass is 16.5. The van der Waals surface area contributed by atoms with Gasteiger partial charge < -0.3 is 25.8 Å². The molecule has 1 aromatic rings. The third-order valence-corrected chi connectivity index (χ3v) is 2.37. The normalized spacial score (nSPS) is 11.7. The molecule has 1 aromatic carbocycles. The zero-order chi connectivity index (χ0) is 14.1. The van der Waals surface area contributed by atoms with E-state index in [-0.39, 0.29) is 12.1 Å². The number of ether oxygens (including phenoxy) is 1. The van der Waals surface area contributed by atoms with Crippen molar-refractivity contribution in [2.24, 2.45) is 0 Å². The first-order valence-electron chi connectivity index (χ1n) is 6.19. The van der Waals surface area contributed by atoms with E-state index in [0.717, 1.165) is 5.75 Å². The third-order valence-electron chi connectivity index (χ3n) is 2.37. The molecule has 0 aromatic heterocycles. The minimum atomic E-state index is -0.381. The minimum absolute atomic E-state index is 0.260. The van der Waals surface area contributed by atoms with Crippen LogP contribution in [0.1, 0.15) is 6.92 Å². The summed E-state index contributed by atoms with van der Waals surface area (Å²) in [6.45, 7) is 3.33. The van der Waals surface area contributed by atoms with Gasteiger partial charge in [-0.25, -0.2) is 4.79 Å². The molecule has 0 fully saturated rings. The van der Waals surface area contributed by atoms with Crippen LogP contribution in [0.5, 0.6) is 5.75 Å². The number of carbonyl (C=O) groups is 1. The summed E-state index contributed by atoms with van der Waals surface area (Å²) in [7, 11) is 1.59. The van der Waals surface area contributed by atoms with Crippen molar-refractivity contribution in [3.8, 4) is 5.75 Å². The standard InChI is InChI=1S/C13H21N3O3/c1-10(17)9-14-7-8-15-13(18)16-11-3-5-12(19-2)6-4-11/h3-6,10,14,17H,7-9H2,1-2H3,(H2,15,16,18). The molecule has 106 valence electrons. The Balaban J connectivity index is 2.19. The number of aliphatic hydroxyl groups excluding tert-OH is 1. The minimum Gasteiger partial charge on any atom is -0.497 e. The van der Waals surface area contributed by atoms with E-state index >= 15 is 0 Å². The lowest BCUT2D eigenvalue weighted by Gasteiger charge is -2.09. The fraction of sp³-hybridized carbons (Fsp3) is 0.462. The van der Waals surface area contributed by atoms with Gasteiger partial charge in [0.1, 0.15) is 5.75 Å². The van der Waals surface area contributed by atoms with Gasteiger partial charge >= 0.3 is 6.03 Å². The van der Waals surface area contributed by atoms with E-state index in [1.807, 2.05) is 0 Å². The molecular formula is C13H21N3O3. The Labute approximate surface area is 113 Å². The first kappa shape index (κ1) is 15.3. The number of hydrogen-bond donors (Lipinski definition) is 4. The van der Waals surface area contributed by atoms with Gasteiger partial charge in [-0.2, -0.15) is 0 Å². The van der Waals surface area contributed by atoms with E-state index in [4.69, 9.17) is 9.84 Å². The number of methoxy groups -OCH3 is 1. The SMILES string of the molecule is COc1ccc(NC(=O)NCCNCC(C)O)cc1. The van der Waals surface area contributed by atoms with E-state index in [1.54, 1.807) is 38.3 Å². The van der Waals surface area contributed by atoms with Crippen LogP contribution in [0.4, 0.5) is 10.5 Å². The number of hydrogen-bond acceptors (Lipinski definition) is 4. The fourth-order valence-corrected chi connectivity index (χ4v) is 1.43. The Morgan fingerprint density at radius 2 is 2.00 bits per heavy atom. The highest BCUT2D eigenvalue weighted by Gasteiger charge is 2.01. The van der Waals surface area contributed by atoms with Gasteiger partial charge in [0, 0.05) is 25.3 Å². The topological polar surface area (TPSA) is 82.6 Å². The van der Waals surface area contributed by atoms with Crippen LogP contribution >= 0.6 is 0 Å². The Morgan fingerprint density at radius 3 is 2.58 bits per heavy atom. The van der Waals surface area contributed by atoms with Crippen LogP contribution in [-0.2, 0) is 0 Å². The van der Waals surface area contributed by atoms with Gasteiger partial charge in [-0.15, -0.1) is 0 Å². The number of rotatable bonds is 7. The second-order valence-corrected chi connectivity index (χ2v) is 4.16. The molecule has 1 rings (SSSR count). The molecule has 19 heavy (non-hydrogen) atoms. The molecule has 0 saturated heterocycles. The zero-order valence-electron chi connectivity index (χ0n) is 11.3. The largest absolute Gasteiger partial charge is 0.497 e. The van der Waals surface area contributed by atoms with Crippen LogP contribution in [0.25, 0.3) is 0 Å². The first-order valence-corrected chi connectivity index (χ1v) is 6.19. The van der Waals surface area contributed by atoms with Gasteiger partial charge in [-0.1, -0.05) is 0 Å². The number of carbonyl (C=O) groups excluding carboxylic acids is 1. The van der Waals surface area contributed by atoms with Crippen molar-refractivity contribution in [2.75, 3.05) is 32.1 Å². The van der Waals surface area contributed by atoms with Crippen molar-refractivity contribution < 1.29 is 14.6 Å². The summed E-state index contributed by atoms with van der Waals surface area (Å²) in [5.74, 6) is 0.744. The summed E-state index contributed by atoms with van der Waals surface area (Å²) < 4.78 is 5.03. The molecule has 0 heterocycles. The van der Waals surface area contributed by atoms with Crippen molar-refractivity contribution in [1.29, 1.82) is 0 Å². The van der Waals surface area contributed by atoms with Crippen LogP contribution in [0.15, 0.2) is 24.3 Å². The van der Waals surface area contributed by atoms with Crippen LogP contribution in [0, 0.1) is 0 Å². The van der Waals surface area contributed by atoms with Crippen molar-refractivity contribution >= 4 is 11.7 Å². The zero-order valence-corrected chi connectivity index (χ0v) is 11.3. The summed E-state index contributed by atoms with van der Waals surface area (Å²) in [6.07, 6.45) is -0.381. The average molecular weight is 267 g/mol. The first-order chi connectivity index (χ1) is 9.11. The number of benzene rings is 1. The van der Waals surface area contributed by atoms with Crippen LogP contribution in [-0.4, -0.2) is 44.0 Å². The molecule has 0 aliphatic carbocycles. The molecular weight excluding hydrogens is 246 g/mol. The quantitative estimate of drug-likeness (QED) is 0.550. The molecule has 0 saturated carbocycles. The van der Waals surface area contributed by atoms with Crippen LogP contribution in [0.3, 0.4) is 0 Å². The van der Waals surface area contributed by atoms with E-state index in [1.165, 1.54) is 0 Å². The third kappa shape index (κ3) is 6.64. The molecule has 2 amide bonds. The lowest BCUT2D eigenvalue weighted by atomic mass is 10.3. The molecule has 6 heteroatoms. The van der Waals surface area contributed by atoms with Gasteiger partial charge in [-0.3, -0.25) is 0 Å². The maximum Gasteiger partial charge on any atom is 0.319 e. The highest BCUT2D eigenvalue weighted by molar-refractivity contribution is 5.89. The van der Waals surface area contributed by atoms with Crippen molar-refractivity contribution in [1.82, 2.24) is 10.6 Å². The molecule has 0 spiro atoms. The lowest BCUT2D eigenvalue weighted by Crippen LogP contribution is -2.36. The van der Waals surface area contributed by atoms with Gasteiger partial charge in [0.05, 0.1) is 13.2 Å². The maximum atomic E-state index is 11.5. The Kier molecular flexibility index (Phi) is 6.70. The van der Waals surface area contributed by atoms with E-state index in [2.05, 4.69) is 16.0 Å². The van der Waals surface area contributed by atoms with Crippen molar-refractivity contribution in [2.45, 2.75) is 13.0 Å². The lowest BCUT2D eigenvalue weighted by molar-refractivity contribution is 0.191. The summed E-state index contributed by atoms with van der Waals surface area (Å²) in [4.78, 5) is 11.5. The predicted octanol–water partition coefficient (Wildman–Crippen LogP) is 0.787. The van der Waals surface area contributed by atoms with Gasteiger partial charge in [-0.05, 0) is 31.2 Å². The fourth-order valence-electron chi connectivity index (χ4n) is 1.43. The summed E-state index contributed by atoms with van der Waals surface area (Å²) in [5.41, 5.74) is 0.704. The summed E-state index contributed by atoms with van der Waals surface area (Å²) >= 11 is 0. The van der Waals surface area contributed by atoms with E-state index < -0.39 is 0 Å². The van der Waals surface area contributed by atoms with Crippen molar-refractivity contribution in [3.05, 3.63) is 24.3 Å². The average Bonchev–Trinajstić information content (AvgIpc) is 2.39. The molecule has 4 N–H and O–H groups in total. The van der Waals surface area contributed by atoms with Gasteiger partial charge in [0.2, 0.25) is 0 Å². The second-order valence-electron chi connectivity index (χ2n) is 4.16. The van der Waals surface area contributed by atoms with Crippen LogP contribution < -0.4 is 20.7 Å². The Morgan fingerprint density at radius 1 is 1.32 bits per heavy atom. The maximum absolute atomic E-state index is 11.5. The summed E-state index contributed by atoms with van der Waals surface area (Å²) in [6, 6.07) is 6.83. The number of urea groups is 1. The monoisotopic (exact) mass is 267 g/mol. The highest BCUT2D eigenvalue weighted by Crippen LogP contribution is 2.14. The molecule has 1 atom stereocenters. The number of amides is 2. The molecule has 1 unspecified atom stereocenters. The molecule has 0 aliphatic heterocycles. The molecule has 6 nitrogen and oxygen atoms in total. The Bertz CT molecular complexity index is 379. The smallest absolute Gasteiger partial charge is 0.319 e. The van der Waals surface area contributed by atoms with Gasteiger partial charge in [0.25, 0.3) is 0 Å². The number of nitrogens with one attached hydrogen (secondary N) is 3. The van der Waals surface area contributed by atoms with Gasteiger partial charge in [0.15, 0.2) is 0 Å². The van der Waals surface area contributed by atoms with E-state index in [9.17, 15) is 4.79 Å². The molecule has 0 aliphatic rings. The Hall–Kier alpha value is -1.79. The molecule has 0 bridgehead atoms. The van der Waals surface area contributed by atoms with Crippen LogP contribution in [0.2, 0.25) is 0 Å². The number of anilines is 1. The predicted molar refractivity (Wildman–Crippen MR) is 74.6 cm³/mol. The molecule has 0 radical (unpaired) electrons. The number of aliphatic hydroxyl groups is 1. The van der Waals surface area contributed by atoms with Crippen molar-refractivity contribution in [3.63, 3.8) is 0 Å². The van der Waals surface area contributed by atoms with E-state index in [0.29, 0.717) is 25.3 Å². The second kappa shape index (κ2) is 8.34. The summed E-state index contributed by atoms with van der Waals surface area (Å²) in [5, 5.41) is 17.5.